The maximum absolute atomic E-state index is 6.04. The molecule has 2 rings (SSSR count). The van der Waals surface area contributed by atoms with Gasteiger partial charge in [0, 0.05) is 10.6 Å². The molecule has 0 amide bonds. The predicted molar refractivity (Wildman–Crippen MR) is 81.8 cm³/mol. The van der Waals surface area contributed by atoms with E-state index < -0.39 is 0 Å². The highest BCUT2D eigenvalue weighted by molar-refractivity contribution is 7.14. The molecular weight excluding hydrogens is 278 g/mol. The Labute approximate surface area is 123 Å². The first-order valence-corrected chi connectivity index (χ1v) is 7.68. The van der Waals surface area contributed by atoms with Crippen LogP contribution in [0.2, 0.25) is 5.02 Å². The van der Waals surface area contributed by atoms with Crippen LogP contribution < -0.4 is 5.32 Å². The first-order valence-electron chi connectivity index (χ1n) is 6.49. The Balaban J connectivity index is 2.27. The Morgan fingerprint density at radius 3 is 2.74 bits per heavy atom. The van der Waals surface area contributed by atoms with Crippen molar-refractivity contribution in [1.29, 1.82) is 0 Å². The Hall–Kier alpha value is -0.970. The summed E-state index contributed by atoms with van der Waals surface area (Å²) in [5, 5.41) is 14.8. The zero-order chi connectivity index (χ0) is 13.8. The SMILES string of the molecule is CCNC(CC)c1nnc(-c2ccc(Cl)c(C)c2)s1. The second-order valence-corrected chi connectivity index (χ2v) is 5.84. The Morgan fingerprint density at radius 1 is 1.32 bits per heavy atom. The third-order valence-corrected chi connectivity index (χ3v) is 4.51. The topological polar surface area (TPSA) is 37.8 Å². The van der Waals surface area contributed by atoms with Crippen LogP contribution in [0.15, 0.2) is 18.2 Å². The van der Waals surface area contributed by atoms with Crippen molar-refractivity contribution in [1.82, 2.24) is 15.5 Å². The van der Waals surface area contributed by atoms with Gasteiger partial charge in [0.2, 0.25) is 0 Å². The second kappa shape index (κ2) is 6.46. The summed E-state index contributed by atoms with van der Waals surface area (Å²) in [6.07, 6.45) is 1.02. The fourth-order valence-corrected chi connectivity index (χ4v) is 3.04. The Bertz CT molecular complexity index is 553. The van der Waals surface area contributed by atoms with Gasteiger partial charge >= 0.3 is 0 Å². The van der Waals surface area contributed by atoms with Gasteiger partial charge in [0.05, 0.1) is 6.04 Å². The first-order chi connectivity index (χ1) is 9.15. The molecule has 1 aromatic heterocycles. The predicted octanol–water partition coefficient (Wildman–Crippen LogP) is 4.23. The van der Waals surface area contributed by atoms with Gasteiger partial charge < -0.3 is 5.32 Å². The van der Waals surface area contributed by atoms with Gasteiger partial charge in [-0.3, -0.25) is 0 Å². The van der Waals surface area contributed by atoms with Crippen LogP contribution in [0.3, 0.4) is 0 Å². The summed E-state index contributed by atoms with van der Waals surface area (Å²) in [6, 6.07) is 6.26. The van der Waals surface area contributed by atoms with E-state index in [1.54, 1.807) is 11.3 Å². The van der Waals surface area contributed by atoms with Gasteiger partial charge in [-0.25, -0.2) is 0 Å². The van der Waals surface area contributed by atoms with E-state index in [1.165, 1.54) is 0 Å². The van der Waals surface area contributed by atoms with Gasteiger partial charge in [-0.15, -0.1) is 10.2 Å². The number of aromatic nitrogens is 2. The van der Waals surface area contributed by atoms with Crippen molar-refractivity contribution in [2.75, 3.05) is 6.54 Å². The van der Waals surface area contributed by atoms with E-state index in [0.717, 1.165) is 39.1 Å². The normalized spacial score (nSPS) is 12.6. The van der Waals surface area contributed by atoms with E-state index in [-0.39, 0.29) is 0 Å². The molecule has 1 aromatic carbocycles. The lowest BCUT2D eigenvalue weighted by Gasteiger charge is -2.10. The average molecular weight is 296 g/mol. The van der Waals surface area contributed by atoms with Gasteiger partial charge in [0.15, 0.2) is 0 Å². The molecule has 1 heterocycles. The third-order valence-electron chi connectivity index (χ3n) is 3.00. The molecule has 3 nitrogen and oxygen atoms in total. The molecule has 1 N–H and O–H groups in total. The summed E-state index contributed by atoms with van der Waals surface area (Å²) < 4.78 is 0. The van der Waals surface area contributed by atoms with Crippen molar-refractivity contribution in [2.24, 2.45) is 0 Å². The quantitative estimate of drug-likeness (QED) is 0.897. The number of nitrogens with zero attached hydrogens (tertiary/aromatic N) is 2. The minimum absolute atomic E-state index is 0.296. The first kappa shape index (κ1) is 14.4. The summed E-state index contributed by atoms with van der Waals surface area (Å²) in [5.74, 6) is 0. The summed E-state index contributed by atoms with van der Waals surface area (Å²) in [4.78, 5) is 0. The fraction of sp³-hybridized carbons (Fsp3) is 0.429. The van der Waals surface area contributed by atoms with Crippen LogP contribution >= 0.6 is 22.9 Å². The number of halogens is 1. The van der Waals surface area contributed by atoms with Gasteiger partial charge in [-0.05, 0) is 37.6 Å². The van der Waals surface area contributed by atoms with Crippen molar-refractivity contribution in [3.05, 3.63) is 33.8 Å². The second-order valence-electron chi connectivity index (χ2n) is 4.43. The molecular formula is C14H18ClN3S. The minimum atomic E-state index is 0.296. The van der Waals surface area contributed by atoms with Gasteiger partial charge in [0.25, 0.3) is 0 Å². The lowest BCUT2D eigenvalue weighted by molar-refractivity contribution is 0.531. The van der Waals surface area contributed by atoms with Crippen molar-refractivity contribution < 1.29 is 0 Å². The third kappa shape index (κ3) is 3.32. The highest BCUT2D eigenvalue weighted by atomic mass is 35.5. The van der Waals surface area contributed by atoms with Crippen molar-refractivity contribution in [3.8, 4) is 10.6 Å². The Kier molecular flexibility index (Phi) is 4.91. The molecule has 1 unspecified atom stereocenters. The fourth-order valence-electron chi connectivity index (χ4n) is 1.92. The van der Waals surface area contributed by atoms with E-state index in [9.17, 15) is 0 Å². The summed E-state index contributed by atoms with van der Waals surface area (Å²) >= 11 is 7.69. The molecule has 0 spiro atoms. The van der Waals surface area contributed by atoms with E-state index in [0.29, 0.717) is 6.04 Å². The number of hydrogen-bond donors (Lipinski definition) is 1. The highest BCUT2D eigenvalue weighted by Crippen LogP contribution is 2.30. The number of rotatable bonds is 5. The lowest BCUT2D eigenvalue weighted by Crippen LogP contribution is -2.19. The molecule has 0 radical (unpaired) electrons. The van der Waals surface area contributed by atoms with Crippen LogP contribution in [0.1, 0.15) is 36.9 Å². The molecule has 0 saturated carbocycles. The van der Waals surface area contributed by atoms with Gasteiger partial charge in [-0.2, -0.15) is 0 Å². The van der Waals surface area contributed by atoms with Gasteiger partial charge in [0.1, 0.15) is 10.0 Å². The number of hydrogen-bond acceptors (Lipinski definition) is 4. The van der Waals surface area contributed by atoms with Gasteiger partial charge in [-0.1, -0.05) is 42.9 Å². The molecule has 0 bridgehead atoms. The average Bonchev–Trinajstić information content (AvgIpc) is 2.88. The van der Waals surface area contributed by atoms with Crippen molar-refractivity contribution in [2.45, 2.75) is 33.2 Å². The van der Waals surface area contributed by atoms with E-state index in [2.05, 4.69) is 35.4 Å². The number of benzene rings is 1. The zero-order valence-electron chi connectivity index (χ0n) is 11.4. The highest BCUT2D eigenvalue weighted by Gasteiger charge is 2.15. The number of aryl methyl sites for hydroxylation is 1. The van der Waals surface area contributed by atoms with Crippen LogP contribution in [0.5, 0.6) is 0 Å². The van der Waals surface area contributed by atoms with Crippen LogP contribution in [0.25, 0.3) is 10.6 Å². The van der Waals surface area contributed by atoms with E-state index in [1.807, 2.05) is 19.1 Å². The monoisotopic (exact) mass is 295 g/mol. The molecule has 2 aromatic rings. The van der Waals surface area contributed by atoms with Crippen LogP contribution in [-0.4, -0.2) is 16.7 Å². The molecule has 102 valence electrons. The molecule has 5 heteroatoms. The largest absolute Gasteiger partial charge is 0.308 e. The Morgan fingerprint density at radius 2 is 2.11 bits per heavy atom. The molecule has 0 aliphatic heterocycles. The van der Waals surface area contributed by atoms with E-state index in [4.69, 9.17) is 11.6 Å². The summed E-state index contributed by atoms with van der Waals surface area (Å²) in [6.45, 7) is 7.20. The maximum Gasteiger partial charge on any atom is 0.147 e. The van der Waals surface area contributed by atoms with Crippen molar-refractivity contribution >= 4 is 22.9 Å². The van der Waals surface area contributed by atoms with Crippen LogP contribution in [0.4, 0.5) is 0 Å². The van der Waals surface area contributed by atoms with Crippen LogP contribution in [-0.2, 0) is 0 Å². The number of nitrogens with one attached hydrogen (secondary N) is 1. The summed E-state index contributed by atoms with van der Waals surface area (Å²) in [5.41, 5.74) is 2.15. The van der Waals surface area contributed by atoms with Crippen LogP contribution in [0, 0.1) is 6.92 Å². The molecule has 0 saturated heterocycles. The standard InChI is InChI=1S/C14H18ClN3S/c1-4-12(16-5-2)14-18-17-13(19-14)10-6-7-11(15)9(3)8-10/h6-8,12,16H,4-5H2,1-3H3. The lowest BCUT2D eigenvalue weighted by atomic mass is 10.1. The smallest absolute Gasteiger partial charge is 0.147 e. The summed E-state index contributed by atoms with van der Waals surface area (Å²) in [7, 11) is 0. The zero-order valence-corrected chi connectivity index (χ0v) is 13.0. The van der Waals surface area contributed by atoms with E-state index >= 15 is 0 Å². The molecule has 19 heavy (non-hydrogen) atoms. The maximum atomic E-state index is 6.04. The van der Waals surface area contributed by atoms with Crippen molar-refractivity contribution in [3.63, 3.8) is 0 Å². The molecule has 0 aliphatic carbocycles. The minimum Gasteiger partial charge on any atom is -0.308 e. The molecule has 1 atom stereocenters. The molecule has 0 fully saturated rings. The molecule has 0 aliphatic rings.